The highest BCUT2D eigenvalue weighted by molar-refractivity contribution is 5.86. The summed E-state index contributed by atoms with van der Waals surface area (Å²) in [7, 11) is 0. The minimum Gasteiger partial charge on any atom is -0.461 e. The van der Waals surface area contributed by atoms with Gasteiger partial charge in [-0.05, 0) is 17.7 Å². The Morgan fingerprint density at radius 1 is 1.12 bits per heavy atom. The predicted molar refractivity (Wildman–Crippen MR) is 88.9 cm³/mol. The van der Waals surface area contributed by atoms with E-state index >= 15 is 0 Å². The summed E-state index contributed by atoms with van der Waals surface area (Å²) < 4.78 is 17.1. The Labute approximate surface area is 148 Å². The smallest absolute Gasteiger partial charge is 0.360 e. The second kappa shape index (κ2) is 7.06. The van der Waals surface area contributed by atoms with Crippen molar-refractivity contribution in [3.63, 3.8) is 0 Å². The molecule has 0 atom stereocenters. The van der Waals surface area contributed by atoms with E-state index in [2.05, 4.69) is 15.5 Å². The molecule has 0 N–H and O–H groups in total. The SMILES string of the molecule is O=C(OCc1cc(-c2ccco2)on1)c1cn(Cc2ccccc2)nn1. The molecule has 0 radical (unpaired) electrons. The number of furan rings is 1. The number of hydrogen-bond donors (Lipinski definition) is 0. The van der Waals surface area contributed by atoms with E-state index < -0.39 is 5.97 Å². The molecular weight excluding hydrogens is 336 g/mol. The van der Waals surface area contributed by atoms with Crippen molar-refractivity contribution in [3.8, 4) is 11.5 Å². The van der Waals surface area contributed by atoms with E-state index in [1.807, 2.05) is 30.3 Å². The van der Waals surface area contributed by atoms with Crippen LogP contribution in [0.1, 0.15) is 21.7 Å². The maximum atomic E-state index is 12.1. The molecule has 0 unspecified atom stereocenters. The molecule has 8 heteroatoms. The third kappa shape index (κ3) is 3.54. The van der Waals surface area contributed by atoms with Crippen LogP contribution in [-0.2, 0) is 17.9 Å². The normalized spacial score (nSPS) is 10.8. The van der Waals surface area contributed by atoms with Gasteiger partial charge in [0, 0.05) is 6.07 Å². The van der Waals surface area contributed by atoms with Crippen molar-refractivity contribution in [1.82, 2.24) is 20.2 Å². The maximum absolute atomic E-state index is 12.1. The van der Waals surface area contributed by atoms with Crippen LogP contribution in [-0.4, -0.2) is 26.1 Å². The fraction of sp³-hybridized carbons (Fsp3) is 0.111. The molecule has 130 valence electrons. The molecule has 0 saturated carbocycles. The molecule has 0 aliphatic carbocycles. The van der Waals surface area contributed by atoms with Gasteiger partial charge in [-0.3, -0.25) is 0 Å². The van der Waals surface area contributed by atoms with Gasteiger partial charge in [-0.15, -0.1) is 5.10 Å². The Bertz CT molecular complexity index is 989. The Hall–Kier alpha value is -3.68. The zero-order chi connectivity index (χ0) is 17.8. The van der Waals surface area contributed by atoms with E-state index in [-0.39, 0.29) is 12.3 Å². The monoisotopic (exact) mass is 350 g/mol. The van der Waals surface area contributed by atoms with Crippen molar-refractivity contribution in [2.75, 3.05) is 0 Å². The molecule has 4 rings (SSSR count). The summed E-state index contributed by atoms with van der Waals surface area (Å²) in [5.41, 5.74) is 1.67. The highest BCUT2D eigenvalue weighted by Gasteiger charge is 2.15. The molecule has 0 bridgehead atoms. The van der Waals surface area contributed by atoms with E-state index in [1.54, 1.807) is 29.1 Å². The molecule has 0 spiro atoms. The van der Waals surface area contributed by atoms with Crippen LogP contribution < -0.4 is 0 Å². The number of aromatic nitrogens is 4. The van der Waals surface area contributed by atoms with Crippen LogP contribution >= 0.6 is 0 Å². The van der Waals surface area contributed by atoms with Crippen molar-refractivity contribution in [1.29, 1.82) is 0 Å². The van der Waals surface area contributed by atoms with E-state index in [9.17, 15) is 4.79 Å². The number of carbonyl (C=O) groups excluding carboxylic acids is 1. The summed E-state index contributed by atoms with van der Waals surface area (Å²) in [6.45, 7) is 0.492. The van der Waals surface area contributed by atoms with Crippen LogP contribution in [0.2, 0.25) is 0 Å². The second-order valence-corrected chi connectivity index (χ2v) is 5.52. The van der Waals surface area contributed by atoms with Crippen LogP contribution in [0.15, 0.2) is 69.9 Å². The van der Waals surface area contributed by atoms with Crippen molar-refractivity contribution < 1.29 is 18.5 Å². The first kappa shape index (κ1) is 15.8. The predicted octanol–water partition coefficient (Wildman–Crippen LogP) is 2.93. The van der Waals surface area contributed by atoms with E-state index in [4.69, 9.17) is 13.7 Å². The van der Waals surface area contributed by atoms with Gasteiger partial charge < -0.3 is 13.7 Å². The van der Waals surface area contributed by atoms with Crippen molar-refractivity contribution in [3.05, 3.63) is 77.9 Å². The third-order valence-electron chi connectivity index (χ3n) is 3.61. The largest absolute Gasteiger partial charge is 0.461 e. The average molecular weight is 350 g/mol. The Morgan fingerprint density at radius 2 is 2.00 bits per heavy atom. The van der Waals surface area contributed by atoms with Crippen molar-refractivity contribution >= 4 is 5.97 Å². The number of carbonyl (C=O) groups is 1. The first-order valence-corrected chi connectivity index (χ1v) is 7.88. The van der Waals surface area contributed by atoms with E-state index in [0.29, 0.717) is 23.8 Å². The van der Waals surface area contributed by atoms with Gasteiger partial charge in [0.15, 0.2) is 11.5 Å². The lowest BCUT2D eigenvalue weighted by Crippen LogP contribution is -2.06. The van der Waals surface area contributed by atoms with Gasteiger partial charge in [0.1, 0.15) is 12.3 Å². The zero-order valence-corrected chi connectivity index (χ0v) is 13.6. The maximum Gasteiger partial charge on any atom is 0.360 e. The Kier molecular flexibility index (Phi) is 4.29. The molecule has 0 aliphatic rings. The molecule has 0 aliphatic heterocycles. The lowest BCUT2D eigenvalue weighted by molar-refractivity contribution is 0.0457. The minimum atomic E-state index is -0.577. The Morgan fingerprint density at radius 3 is 2.81 bits per heavy atom. The Balaban J connectivity index is 1.35. The molecule has 4 aromatic rings. The van der Waals surface area contributed by atoms with Gasteiger partial charge in [-0.2, -0.15) is 0 Å². The van der Waals surface area contributed by atoms with Gasteiger partial charge in [0.2, 0.25) is 5.76 Å². The molecule has 8 nitrogen and oxygen atoms in total. The highest BCUT2D eigenvalue weighted by Crippen LogP contribution is 2.20. The fourth-order valence-corrected chi connectivity index (χ4v) is 2.37. The third-order valence-corrected chi connectivity index (χ3v) is 3.61. The number of nitrogens with zero attached hydrogens (tertiary/aromatic N) is 4. The molecule has 0 fully saturated rings. The lowest BCUT2D eigenvalue weighted by atomic mass is 10.2. The fourth-order valence-electron chi connectivity index (χ4n) is 2.37. The summed E-state index contributed by atoms with van der Waals surface area (Å²) in [6.07, 6.45) is 3.09. The highest BCUT2D eigenvalue weighted by atomic mass is 16.5. The van der Waals surface area contributed by atoms with Crippen molar-refractivity contribution in [2.45, 2.75) is 13.2 Å². The van der Waals surface area contributed by atoms with Crippen LogP contribution in [0.25, 0.3) is 11.5 Å². The van der Waals surface area contributed by atoms with Gasteiger partial charge in [-0.25, -0.2) is 9.48 Å². The number of hydrogen-bond acceptors (Lipinski definition) is 7. The molecule has 3 heterocycles. The van der Waals surface area contributed by atoms with Crippen molar-refractivity contribution in [2.24, 2.45) is 0 Å². The van der Waals surface area contributed by atoms with E-state index in [0.717, 1.165) is 5.56 Å². The number of esters is 1. The first-order chi connectivity index (χ1) is 12.8. The summed E-state index contributed by atoms with van der Waals surface area (Å²) >= 11 is 0. The molecule has 1 aromatic carbocycles. The van der Waals surface area contributed by atoms with Crippen LogP contribution in [0.4, 0.5) is 0 Å². The van der Waals surface area contributed by atoms with Crippen LogP contribution in [0.5, 0.6) is 0 Å². The zero-order valence-electron chi connectivity index (χ0n) is 13.6. The van der Waals surface area contributed by atoms with Gasteiger partial charge in [-0.1, -0.05) is 40.7 Å². The van der Waals surface area contributed by atoms with Gasteiger partial charge >= 0.3 is 5.97 Å². The number of benzene rings is 1. The quantitative estimate of drug-likeness (QED) is 0.493. The molecule has 3 aromatic heterocycles. The molecule has 0 saturated heterocycles. The van der Waals surface area contributed by atoms with Gasteiger partial charge in [0.25, 0.3) is 0 Å². The van der Waals surface area contributed by atoms with E-state index in [1.165, 1.54) is 6.26 Å². The second-order valence-electron chi connectivity index (χ2n) is 5.52. The first-order valence-electron chi connectivity index (χ1n) is 7.88. The van der Waals surface area contributed by atoms with Crippen LogP contribution in [0, 0.1) is 0 Å². The molecular formula is C18H14N4O4. The summed E-state index contributed by atoms with van der Waals surface area (Å²) in [5, 5.41) is 11.6. The standard InChI is InChI=1S/C18H14N4O4/c23-18(15-11-22(21-19-15)10-13-5-2-1-3-6-13)25-12-14-9-17(26-20-14)16-7-4-8-24-16/h1-9,11H,10,12H2. The summed E-state index contributed by atoms with van der Waals surface area (Å²) in [5.74, 6) is 0.445. The van der Waals surface area contributed by atoms with Crippen LogP contribution in [0.3, 0.4) is 0 Å². The summed E-state index contributed by atoms with van der Waals surface area (Å²) in [4.78, 5) is 12.1. The molecule has 26 heavy (non-hydrogen) atoms. The topological polar surface area (TPSA) is 96.2 Å². The number of rotatable bonds is 6. The lowest BCUT2D eigenvalue weighted by Gasteiger charge is -2.00. The minimum absolute atomic E-state index is 0.0331. The molecule has 0 amide bonds. The van der Waals surface area contributed by atoms with Gasteiger partial charge in [0.05, 0.1) is 19.0 Å². The summed E-state index contributed by atoms with van der Waals surface area (Å²) in [6, 6.07) is 14.9. The average Bonchev–Trinajstić information content (AvgIpc) is 3.41. The number of ether oxygens (including phenoxy) is 1.